The second kappa shape index (κ2) is 10.8. The summed E-state index contributed by atoms with van der Waals surface area (Å²) in [5.74, 6) is -0.209. The minimum atomic E-state index is -0.939. The van der Waals surface area contributed by atoms with Crippen LogP contribution in [0.15, 0.2) is 65.5 Å². The second-order valence-corrected chi connectivity index (χ2v) is 9.03. The van der Waals surface area contributed by atoms with Gasteiger partial charge in [-0.1, -0.05) is 54.1 Å². The van der Waals surface area contributed by atoms with Crippen molar-refractivity contribution in [3.63, 3.8) is 0 Å². The number of carboxylic acids is 1. The maximum atomic E-state index is 13.0. The van der Waals surface area contributed by atoms with Crippen LogP contribution in [0, 0.1) is 11.8 Å². The van der Waals surface area contributed by atoms with Gasteiger partial charge in [0.1, 0.15) is 6.61 Å². The molecule has 0 bridgehead atoms. The Morgan fingerprint density at radius 2 is 1.67 bits per heavy atom. The highest BCUT2D eigenvalue weighted by molar-refractivity contribution is 6.30. The normalized spacial score (nSPS) is 18.2. The summed E-state index contributed by atoms with van der Waals surface area (Å²) in [4.78, 5) is 23.6. The zero-order valence-electron chi connectivity index (χ0n) is 18.3. The molecule has 1 heterocycles. The van der Waals surface area contributed by atoms with Crippen molar-refractivity contribution in [2.45, 2.75) is 32.2 Å². The maximum Gasteiger partial charge on any atom is 0.329 e. The first-order valence-electron chi connectivity index (χ1n) is 11.2. The lowest BCUT2D eigenvalue weighted by atomic mass is 9.82. The van der Waals surface area contributed by atoms with Crippen LogP contribution >= 0.6 is 11.6 Å². The second-order valence-electron chi connectivity index (χ2n) is 8.60. The van der Waals surface area contributed by atoms with Gasteiger partial charge in [-0.25, -0.2) is 9.48 Å². The number of rotatable bonds is 8. The average Bonchev–Trinajstić information content (AvgIpc) is 2.82. The van der Waals surface area contributed by atoms with Crippen LogP contribution in [0.2, 0.25) is 5.02 Å². The summed E-state index contributed by atoms with van der Waals surface area (Å²) in [5, 5.41) is 14.2. The fraction of sp³-hybridized carbons (Fsp3) is 0.346. The molecule has 6 nitrogen and oxygen atoms in total. The topological polar surface area (TPSA) is 81.4 Å². The van der Waals surface area contributed by atoms with E-state index in [1.54, 1.807) is 10.7 Å². The van der Waals surface area contributed by atoms with Crippen molar-refractivity contribution < 1.29 is 14.6 Å². The molecule has 0 atom stereocenters. The Balaban J connectivity index is 1.53. The highest BCUT2D eigenvalue weighted by Crippen LogP contribution is 2.32. The fourth-order valence-electron chi connectivity index (χ4n) is 4.42. The minimum absolute atomic E-state index is 0.119. The third-order valence-corrected chi connectivity index (χ3v) is 6.43. The molecule has 1 aromatic heterocycles. The molecule has 0 aliphatic heterocycles. The van der Waals surface area contributed by atoms with Crippen LogP contribution in [0.5, 0.6) is 0 Å². The number of benzene rings is 2. The SMILES string of the molecule is O=C(O)COCC1CCC(Cn2nc(-c3ccccc3)c(-c3ccc(Cl)cc3)cc2=O)CC1. The van der Waals surface area contributed by atoms with Crippen molar-refractivity contribution in [2.75, 3.05) is 13.2 Å². The number of ether oxygens (including phenoxy) is 1. The Labute approximate surface area is 197 Å². The summed E-state index contributed by atoms with van der Waals surface area (Å²) in [6, 6.07) is 19.0. The van der Waals surface area contributed by atoms with E-state index in [1.165, 1.54) is 0 Å². The van der Waals surface area contributed by atoms with Gasteiger partial charge in [-0.2, -0.15) is 5.10 Å². The number of aliphatic carboxylic acids is 1. The smallest absolute Gasteiger partial charge is 0.329 e. The zero-order chi connectivity index (χ0) is 23.2. The van der Waals surface area contributed by atoms with Gasteiger partial charge in [0.25, 0.3) is 5.56 Å². The first-order valence-corrected chi connectivity index (χ1v) is 11.6. The van der Waals surface area contributed by atoms with E-state index >= 15 is 0 Å². The summed E-state index contributed by atoms with van der Waals surface area (Å²) in [7, 11) is 0. The number of hydrogen-bond acceptors (Lipinski definition) is 4. The van der Waals surface area contributed by atoms with E-state index in [1.807, 2.05) is 54.6 Å². The predicted molar refractivity (Wildman–Crippen MR) is 128 cm³/mol. The number of aromatic nitrogens is 2. The molecule has 1 aliphatic rings. The van der Waals surface area contributed by atoms with Crippen molar-refractivity contribution in [2.24, 2.45) is 11.8 Å². The Kier molecular flexibility index (Phi) is 7.57. The van der Waals surface area contributed by atoms with Crippen molar-refractivity contribution in [3.05, 3.63) is 76.0 Å². The van der Waals surface area contributed by atoms with Crippen LogP contribution in [0.1, 0.15) is 25.7 Å². The van der Waals surface area contributed by atoms with Gasteiger partial charge in [0.05, 0.1) is 12.3 Å². The zero-order valence-corrected chi connectivity index (χ0v) is 19.1. The molecule has 2 aromatic carbocycles. The van der Waals surface area contributed by atoms with Crippen LogP contribution in [-0.2, 0) is 16.1 Å². The number of carboxylic acid groups (broad SMARTS) is 1. The molecular weight excluding hydrogens is 440 g/mol. The summed E-state index contributed by atoms with van der Waals surface area (Å²) in [5.41, 5.74) is 3.30. The van der Waals surface area contributed by atoms with E-state index in [4.69, 9.17) is 26.5 Å². The van der Waals surface area contributed by atoms with E-state index < -0.39 is 5.97 Å². The van der Waals surface area contributed by atoms with E-state index in [2.05, 4.69) is 0 Å². The standard InChI is InChI=1S/C26H27ClN2O4/c27-22-12-10-20(11-13-22)23-14-24(30)29(28-26(23)21-4-2-1-3-5-21)15-18-6-8-19(9-7-18)16-33-17-25(31)32/h1-5,10-14,18-19H,6-9,15-17H2,(H,31,32). The number of carbonyl (C=O) groups is 1. The van der Waals surface area contributed by atoms with E-state index in [9.17, 15) is 9.59 Å². The van der Waals surface area contributed by atoms with Crippen LogP contribution in [0.3, 0.4) is 0 Å². The molecule has 1 saturated carbocycles. The Bertz CT molecular complexity index is 1140. The van der Waals surface area contributed by atoms with Gasteiger partial charge in [-0.15, -0.1) is 0 Å². The number of halogens is 1. The number of hydrogen-bond donors (Lipinski definition) is 1. The molecule has 1 N–H and O–H groups in total. The lowest BCUT2D eigenvalue weighted by Gasteiger charge is -2.28. The third-order valence-electron chi connectivity index (χ3n) is 6.18. The Morgan fingerprint density at radius 3 is 2.33 bits per heavy atom. The molecule has 172 valence electrons. The minimum Gasteiger partial charge on any atom is -0.480 e. The van der Waals surface area contributed by atoms with Crippen molar-refractivity contribution in [3.8, 4) is 22.4 Å². The molecule has 0 saturated heterocycles. The highest BCUT2D eigenvalue weighted by Gasteiger charge is 2.23. The van der Waals surface area contributed by atoms with E-state index in [0.717, 1.165) is 48.1 Å². The van der Waals surface area contributed by atoms with E-state index in [0.29, 0.717) is 30.0 Å². The molecule has 3 aromatic rings. The molecule has 7 heteroatoms. The number of nitrogens with zero attached hydrogens (tertiary/aromatic N) is 2. The van der Waals surface area contributed by atoms with Gasteiger partial charge in [0, 0.05) is 28.8 Å². The van der Waals surface area contributed by atoms with Gasteiger partial charge in [-0.05, 0) is 55.2 Å². The monoisotopic (exact) mass is 466 g/mol. The summed E-state index contributed by atoms with van der Waals surface area (Å²) in [6.07, 6.45) is 3.87. The van der Waals surface area contributed by atoms with Crippen molar-refractivity contribution in [1.29, 1.82) is 0 Å². The van der Waals surface area contributed by atoms with Crippen molar-refractivity contribution >= 4 is 17.6 Å². The molecule has 33 heavy (non-hydrogen) atoms. The van der Waals surface area contributed by atoms with Gasteiger partial charge in [-0.3, -0.25) is 4.79 Å². The van der Waals surface area contributed by atoms with E-state index in [-0.39, 0.29) is 12.2 Å². The maximum absolute atomic E-state index is 13.0. The summed E-state index contributed by atoms with van der Waals surface area (Å²) < 4.78 is 6.85. The van der Waals surface area contributed by atoms with Gasteiger partial charge >= 0.3 is 5.97 Å². The molecular formula is C26H27ClN2O4. The van der Waals surface area contributed by atoms with Gasteiger partial charge in [0.15, 0.2) is 0 Å². The quantitative estimate of drug-likeness (QED) is 0.497. The van der Waals surface area contributed by atoms with Gasteiger partial charge in [0.2, 0.25) is 0 Å². The molecule has 0 spiro atoms. The Morgan fingerprint density at radius 1 is 1.00 bits per heavy atom. The average molecular weight is 467 g/mol. The Hall–Kier alpha value is -2.96. The predicted octanol–water partition coefficient (Wildman–Crippen LogP) is 5.14. The lowest BCUT2D eigenvalue weighted by Crippen LogP contribution is -2.29. The van der Waals surface area contributed by atoms with Crippen LogP contribution in [0.4, 0.5) is 0 Å². The molecule has 0 amide bonds. The molecule has 1 fully saturated rings. The first kappa shape index (κ1) is 23.2. The highest BCUT2D eigenvalue weighted by atomic mass is 35.5. The van der Waals surface area contributed by atoms with Crippen LogP contribution < -0.4 is 5.56 Å². The summed E-state index contributed by atoms with van der Waals surface area (Å²) >= 11 is 6.06. The molecule has 0 unspecified atom stereocenters. The fourth-order valence-corrected chi connectivity index (χ4v) is 4.54. The lowest BCUT2D eigenvalue weighted by molar-refractivity contribution is -0.142. The largest absolute Gasteiger partial charge is 0.480 e. The molecule has 4 rings (SSSR count). The first-order chi connectivity index (χ1) is 16.0. The summed E-state index contributed by atoms with van der Waals surface area (Å²) in [6.45, 7) is 0.800. The van der Waals surface area contributed by atoms with Crippen molar-refractivity contribution in [1.82, 2.24) is 9.78 Å². The molecule has 0 radical (unpaired) electrons. The van der Waals surface area contributed by atoms with Crippen LogP contribution in [-0.4, -0.2) is 34.1 Å². The van der Waals surface area contributed by atoms with Gasteiger partial charge < -0.3 is 9.84 Å². The third kappa shape index (κ3) is 6.09. The molecule has 1 aliphatic carbocycles. The van der Waals surface area contributed by atoms with Crippen LogP contribution in [0.25, 0.3) is 22.4 Å².